The molecule has 3 amide bonds. The maximum Gasteiger partial charge on any atom is 0.320 e. The van der Waals surface area contributed by atoms with Crippen LogP contribution < -0.4 is 21.3 Å². The summed E-state index contributed by atoms with van der Waals surface area (Å²) in [4.78, 5) is 27.9. The lowest BCUT2D eigenvalue weighted by atomic mass is 10.1. The predicted molar refractivity (Wildman–Crippen MR) is 137 cm³/mol. The molecule has 32 heavy (non-hydrogen) atoms. The molecule has 0 aliphatic carbocycles. The van der Waals surface area contributed by atoms with Gasteiger partial charge in [0.25, 0.3) is 0 Å². The van der Waals surface area contributed by atoms with Gasteiger partial charge in [-0.3, -0.25) is 4.79 Å². The molecule has 1 heterocycles. The van der Waals surface area contributed by atoms with Crippen LogP contribution in [0, 0.1) is 3.57 Å². The molecule has 4 N–H and O–H groups in total. The molecular formula is C23H29ClIN5O2. The minimum absolute atomic E-state index is 0.245. The highest BCUT2D eigenvalue weighted by Gasteiger charge is 2.24. The van der Waals surface area contributed by atoms with Gasteiger partial charge in [-0.05, 0) is 91.5 Å². The third-order valence-corrected chi connectivity index (χ3v) is 6.67. The molecule has 1 fully saturated rings. The first-order valence-electron chi connectivity index (χ1n) is 10.7. The van der Waals surface area contributed by atoms with Crippen molar-refractivity contribution in [3.63, 3.8) is 0 Å². The molecule has 1 unspecified atom stereocenters. The number of hydrogen-bond acceptors (Lipinski definition) is 4. The van der Waals surface area contributed by atoms with Crippen LogP contribution in [-0.4, -0.2) is 56.1 Å². The topological polar surface area (TPSA) is 85.5 Å². The van der Waals surface area contributed by atoms with Gasteiger partial charge in [-0.2, -0.15) is 0 Å². The molecule has 0 radical (unpaired) electrons. The zero-order chi connectivity index (χ0) is 22.9. The minimum Gasteiger partial charge on any atom is -0.353 e. The number of benzene rings is 2. The normalized spacial score (nSPS) is 15.7. The predicted octanol–water partition coefficient (Wildman–Crippen LogP) is 3.61. The molecule has 7 nitrogen and oxygen atoms in total. The third kappa shape index (κ3) is 7.61. The van der Waals surface area contributed by atoms with E-state index in [4.69, 9.17) is 11.6 Å². The Balaban J connectivity index is 1.57. The van der Waals surface area contributed by atoms with E-state index < -0.39 is 12.1 Å². The summed E-state index contributed by atoms with van der Waals surface area (Å²) < 4.78 is 0.904. The van der Waals surface area contributed by atoms with Crippen molar-refractivity contribution in [1.82, 2.24) is 20.9 Å². The first-order valence-corrected chi connectivity index (χ1v) is 12.1. The van der Waals surface area contributed by atoms with E-state index in [1.807, 2.05) is 24.3 Å². The van der Waals surface area contributed by atoms with Crippen LogP contribution in [0.4, 0.5) is 10.5 Å². The maximum absolute atomic E-state index is 13.0. The van der Waals surface area contributed by atoms with Crippen molar-refractivity contribution < 1.29 is 9.59 Å². The van der Waals surface area contributed by atoms with Crippen LogP contribution in [0.5, 0.6) is 0 Å². The highest BCUT2D eigenvalue weighted by atomic mass is 127. The molecular weight excluding hydrogens is 541 g/mol. The van der Waals surface area contributed by atoms with Crippen molar-refractivity contribution in [2.45, 2.75) is 24.9 Å². The lowest BCUT2D eigenvalue weighted by molar-refractivity contribution is -0.123. The number of nitrogens with one attached hydrogen (secondary N) is 4. The number of nitrogens with zero attached hydrogens (tertiary/aromatic N) is 1. The van der Waals surface area contributed by atoms with E-state index in [-0.39, 0.29) is 5.91 Å². The maximum atomic E-state index is 13.0. The van der Waals surface area contributed by atoms with E-state index in [0.29, 0.717) is 29.8 Å². The molecule has 1 saturated heterocycles. The number of amides is 3. The number of carbonyl (C=O) groups is 2. The monoisotopic (exact) mass is 569 g/mol. The smallest absolute Gasteiger partial charge is 0.320 e. The van der Waals surface area contributed by atoms with Gasteiger partial charge in [-0.1, -0.05) is 29.8 Å². The van der Waals surface area contributed by atoms with E-state index in [9.17, 15) is 9.59 Å². The van der Waals surface area contributed by atoms with E-state index >= 15 is 0 Å². The number of likely N-dealkylation sites (tertiary alicyclic amines) is 1. The summed E-state index contributed by atoms with van der Waals surface area (Å²) in [5.74, 6) is -0.245. The van der Waals surface area contributed by atoms with Crippen molar-refractivity contribution in [3.05, 3.63) is 62.7 Å². The largest absolute Gasteiger partial charge is 0.353 e. The molecule has 1 aliphatic rings. The molecule has 0 saturated carbocycles. The number of carbonyl (C=O) groups excluding carboxylic acids is 2. The second-order valence-electron chi connectivity index (χ2n) is 7.88. The van der Waals surface area contributed by atoms with E-state index in [1.54, 1.807) is 24.3 Å². The Morgan fingerprint density at radius 2 is 1.78 bits per heavy atom. The van der Waals surface area contributed by atoms with Crippen molar-refractivity contribution in [2.75, 3.05) is 38.5 Å². The lowest BCUT2D eigenvalue weighted by Crippen LogP contribution is -2.46. The average Bonchev–Trinajstić information content (AvgIpc) is 2.78. The van der Waals surface area contributed by atoms with Crippen LogP contribution in [0.15, 0.2) is 48.5 Å². The van der Waals surface area contributed by atoms with Gasteiger partial charge < -0.3 is 26.2 Å². The second kappa shape index (κ2) is 12.4. The molecule has 0 bridgehead atoms. The Bertz CT molecular complexity index is 904. The molecule has 0 aromatic heterocycles. The van der Waals surface area contributed by atoms with E-state index in [0.717, 1.165) is 35.1 Å². The van der Waals surface area contributed by atoms with Crippen molar-refractivity contribution in [2.24, 2.45) is 0 Å². The molecule has 172 valence electrons. The number of anilines is 1. The van der Waals surface area contributed by atoms with Gasteiger partial charge in [-0.25, -0.2) is 4.79 Å². The standard InChI is InChI=1S/C23H29ClIN5O2/c1-30-14-10-17(11-15-30)26-12-13-27-22(31)21(19-4-2-3-5-20(19)25)29-23(32)28-18-8-6-16(24)7-9-18/h2-9,17,21,26H,10-15H2,1H3,(H,27,31)(H2,28,29,32). The molecule has 3 rings (SSSR count). The number of hydrogen-bond donors (Lipinski definition) is 4. The number of halogens is 2. The summed E-state index contributed by atoms with van der Waals surface area (Å²) in [6.45, 7) is 3.36. The molecule has 0 spiro atoms. The SMILES string of the molecule is CN1CCC(NCCNC(=O)C(NC(=O)Nc2ccc(Cl)cc2)c2ccccc2I)CC1. The second-order valence-corrected chi connectivity index (χ2v) is 9.48. The summed E-state index contributed by atoms with van der Waals surface area (Å²) in [6, 6.07) is 13.5. The van der Waals surface area contributed by atoms with Crippen molar-refractivity contribution >= 4 is 51.8 Å². The van der Waals surface area contributed by atoms with Crippen LogP contribution in [-0.2, 0) is 4.79 Å². The van der Waals surface area contributed by atoms with Crippen LogP contribution in [0.1, 0.15) is 24.4 Å². The Hall–Kier alpha value is -1.88. The summed E-state index contributed by atoms with van der Waals surface area (Å²) in [5, 5.41) is 12.6. The van der Waals surface area contributed by atoms with Crippen molar-refractivity contribution in [1.29, 1.82) is 0 Å². The van der Waals surface area contributed by atoms with Gasteiger partial charge in [-0.15, -0.1) is 0 Å². The van der Waals surface area contributed by atoms with E-state index in [2.05, 4.69) is 55.8 Å². The average molecular weight is 570 g/mol. The van der Waals surface area contributed by atoms with Crippen LogP contribution in [0.25, 0.3) is 0 Å². The van der Waals surface area contributed by atoms with Gasteiger partial charge in [0.2, 0.25) is 5.91 Å². The molecule has 1 aliphatic heterocycles. The Labute approximate surface area is 207 Å². The zero-order valence-electron chi connectivity index (χ0n) is 18.0. The summed E-state index contributed by atoms with van der Waals surface area (Å²) >= 11 is 8.07. The fourth-order valence-electron chi connectivity index (χ4n) is 3.60. The zero-order valence-corrected chi connectivity index (χ0v) is 20.9. The Morgan fingerprint density at radius 3 is 2.47 bits per heavy atom. The summed E-state index contributed by atoms with van der Waals surface area (Å²) in [7, 11) is 2.14. The van der Waals surface area contributed by atoms with E-state index in [1.165, 1.54) is 0 Å². The fourth-order valence-corrected chi connectivity index (χ4v) is 4.43. The van der Waals surface area contributed by atoms with Crippen molar-refractivity contribution in [3.8, 4) is 0 Å². The van der Waals surface area contributed by atoms with Crippen LogP contribution in [0.2, 0.25) is 5.02 Å². The van der Waals surface area contributed by atoms with Gasteiger partial charge >= 0.3 is 6.03 Å². The van der Waals surface area contributed by atoms with Crippen LogP contribution >= 0.6 is 34.2 Å². The highest BCUT2D eigenvalue weighted by molar-refractivity contribution is 14.1. The quantitative estimate of drug-likeness (QED) is 0.289. The molecule has 2 aromatic rings. The summed E-state index contributed by atoms with van der Waals surface area (Å²) in [5.41, 5.74) is 1.34. The number of rotatable bonds is 8. The first kappa shape index (κ1) is 24.8. The molecule has 9 heteroatoms. The molecule has 2 aromatic carbocycles. The number of piperidine rings is 1. The third-order valence-electron chi connectivity index (χ3n) is 5.43. The lowest BCUT2D eigenvalue weighted by Gasteiger charge is -2.29. The van der Waals surface area contributed by atoms with Gasteiger partial charge in [0.1, 0.15) is 6.04 Å². The van der Waals surface area contributed by atoms with Gasteiger partial charge in [0.05, 0.1) is 0 Å². The highest BCUT2D eigenvalue weighted by Crippen LogP contribution is 2.21. The van der Waals surface area contributed by atoms with Crippen LogP contribution in [0.3, 0.4) is 0 Å². The van der Waals surface area contributed by atoms with Gasteiger partial charge in [0.15, 0.2) is 0 Å². The Morgan fingerprint density at radius 1 is 1.09 bits per heavy atom. The Kier molecular flexibility index (Phi) is 9.58. The molecule has 1 atom stereocenters. The first-order chi connectivity index (χ1) is 15.4. The summed E-state index contributed by atoms with van der Waals surface area (Å²) in [6.07, 6.45) is 2.23. The number of urea groups is 1. The minimum atomic E-state index is -0.807. The van der Waals surface area contributed by atoms with Gasteiger partial charge in [0, 0.05) is 33.4 Å². The fraction of sp³-hybridized carbons (Fsp3) is 0.391.